The largest absolute Gasteiger partial charge is 0.507 e. The van der Waals surface area contributed by atoms with Crippen molar-refractivity contribution >= 4 is 21.8 Å². The number of para-hydroxylation sites is 2. The average Bonchev–Trinajstić information content (AvgIpc) is 3.56. The molecule has 0 fully saturated rings. The van der Waals surface area contributed by atoms with E-state index in [4.69, 9.17) is 9.97 Å². The minimum absolute atomic E-state index is 0.120. The number of pyridine rings is 1. The molecule has 0 amide bonds. The number of nitrogens with zero attached hydrogens (tertiary/aromatic N) is 3. The number of benzene rings is 6. The zero-order chi connectivity index (χ0) is 39.6. The molecule has 6 aromatic carbocycles. The van der Waals surface area contributed by atoms with Crippen LogP contribution in [0.15, 0.2) is 140 Å². The van der Waals surface area contributed by atoms with Crippen molar-refractivity contribution in [3.63, 3.8) is 0 Å². The SMILES string of the molecule is CC(C)(C)c1cc(-c2nccc3ccccc23)cc(-c2cccc3c2nc(-c2cc(C(C)(C)C)cc(C(C)(C)C)c2O)n3-c2ccccc2-c2ccccc2)c1. The molecule has 8 aromatic rings. The van der Waals surface area contributed by atoms with Gasteiger partial charge in [0.15, 0.2) is 0 Å². The summed E-state index contributed by atoms with van der Waals surface area (Å²) in [6.45, 7) is 20.0. The number of phenols is 1. The molecule has 0 bridgehead atoms. The van der Waals surface area contributed by atoms with E-state index < -0.39 is 0 Å². The predicted molar refractivity (Wildman–Crippen MR) is 236 cm³/mol. The highest BCUT2D eigenvalue weighted by Gasteiger charge is 2.29. The predicted octanol–water partition coefficient (Wildman–Crippen LogP) is 13.8. The lowest BCUT2D eigenvalue weighted by atomic mass is 9.79. The van der Waals surface area contributed by atoms with Crippen LogP contribution in [0.5, 0.6) is 5.75 Å². The molecule has 8 rings (SSSR count). The smallest absolute Gasteiger partial charge is 0.149 e. The lowest BCUT2D eigenvalue weighted by Gasteiger charge is -2.27. The average molecular weight is 734 g/mol. The van der Waals surface area contributed by atoms with Crippen molar-refractivity contribution in [1.29, 1.82) is 0 Å². The van der Waals surface area contributed by atoms with Crippen LogP contribution in [-0.2, 0) is 16.2 Å². The summed E-state index contributed by atoms with van der Waals surface area (Å²) < 4.78 is 2.26. The van der Waals surface area contributed by atoms with Gasteiger partial charge in [0.25, 0.3) is 0 Å². The van der Waals surface area contributed by atoms with Gasteiger partial charge in [0.1, 0.15) is 11.6 Å². The number of hydrogen-bond acceptors (Lipinski definition) is 3. The summed E-state index contributed by atoms with van der Waals surface area (Å²) in [5.74, 6) is 0.965. The molecule has 1 N–H and O–H groups in total. The number of aromatic hydroxyl groups is 1. The van der Waals surface area contributed by atoms with E-state index in [1.807, 2.05) is 12.3 Å². The van der Waals surface area contributed by atoms with E-state index in [2.05, 4.69) is 194 Å². The second-order valence-electron chi connectivity index (χ2n) is 18.2. The number of phenolic OH excluding ortho intramolecular Hbond substituents is 1. The molecule has 56 heavy (non-hydrogen) atoms. The van der Waals surface area contributed by atoms with Gasteiger partial charge < -0.3 is 5.11 Å². The van der Waals surface area contributed by atoms with Gasteiger partial charge in [-0.1, -0.05) is 159 Å². The summed E-state index contributed by atoms with van der Waals surface area (Å²) in [6.07, 6.45) is 1.91. The van der Waals surface area contributed by atoms with Crippen LogP contribution in [0.3, 0.4) is 0 Å². The number of imidazole rings is 1. The van der Waals surface area contributed by atoms with Crippen molar-refractivity contribution in [3.8, 4) is 56.3 Å². The van der Waals surface area contributed by atoms with Gasteiger partial charge >= 0.3 is 0 Å². The Morgan fingerprint density at radius 3 is 1.89 bits per heavy atom. The van der Waals surface area contributed by atoms with Crippen molar-refractivity contribution < 1.29 is 5.11 Å². The van der Waals surface area contributed by atoms with Gasteiger partial charge in [0.2, 0.25) is 0 Å². The van der Waals surface area contributed by atoms with E-state index in [0.29, 0.717) is 5.82 Å². The van der Waals surface area contributed by atoms with E-state index in [0.717, 1.165) is 77.7 Å². The van der Waals surface area contributed by atoms with Gasteiger partial charge in [-0.25, -0.2) is 4.98 Å². The topological polar surface area (TPSA) is 50.9 Å². The lowest BCUT2D eigenvalue weighted by molar-refractivity contribution is 0.446. The molecule has 0 aliphatic heterocycles. The Balaban J connectivity index is 1.48. The first-order chi connectivity index (χ1) is 26.6. The molecule has 4 nitrogen and oxygen atoms in total. The molecule has 2 aromatic heterocycles. The van der Waals surface area contributed by atoms with Crippen LogP contribution < -0.4 is 0 Å². The summed E-state index contributed by atoms with van der Waals surface area (Å²) in [5.41, 5.74) is 12.6. The van der Waals surface area contributed by atoms with E-state index >= 15 is 0 Å². The van der Waals surface area contributed by atoms with Crippen LogP contribution in [0, 0.1) is 0 Å². The highest BCUT2D eigenvalue weighted by molar-refractivity contribution is 5.99. The maximum Gasteiger partial charge on any atom is 0.149 e. The summed E-state index contributed by atoms with van der Waals surface area (Å²) in [7, 11) is 0. The highest BCUT2D eigenvalue weighted by Crippen LogP contribution is 2.46. The molecule has 0 saturated heterocycles. The number of rotatable bonds is 5. The molecule has 0 spiro atoms. The highest BCUT2D eigenvalue weighted by atomic mass is 16.3. The van der Waals surface area contributed by atoms with Crippen LogP contribution in [0.2, 0.25) is 0 Å². The van der Waals surface area contributed by atoms with Crippen molar-refractivity contribution in [2.24, 2.45) is 0 Å². The Morgan fingerprint density at radius 2 is 1.16 bits per heavy atom. The summed E-state index contributed by atoms with van der Waals surface area (Å²) in [5, 5.41) is 14.6. The summed E-state index contributed by atoms with van der Waals surface area (Å²) in [4.78, 5) is 10.6. The first-order valence-electron chi connectivity index (χ1n) is 19.6. The summed E-state index contributed by atoms with van der Waals surface area (Å²) in [6, 6.07) is 47.2. The Bertz CT molecular complexity index is 2750. The van der Waals surface area contributed by atoms with Gasteiger partial charge in [0, 0.05) is 33.8 Å². The van der Waals surface area contributed by atoms with Crippen LogP contribution in [0.4, 0.5) is 0 Å². The molecule has 2 heterocycles. The fraction of sp³-hybridized carbons (Fsp3) is 0.231. The van der Waals surface area contributed by atoms with Crippen LogP contribution in [0.1, 0.15) is 79.0 Å². The van der Waals surface area contributed by atoms with Crippen LogP contribution in [0.25, 0.3) is 72.4 Å². The molecule has 0 radical (unpaired) electrons. The minimum Gasteiger partial charge on any atom is -0.507 e. The molecule has 0 aliphatic rings. The molecule has 0 atom stereocenters. The molecule has 4 heteroatoms. The van der Waals surface area contributed by atoms with Crippen LogP contribution in [-0.4, -0.2) is 19.6 Å². The summed E-state index contributed by atoms with van der Waals surface area (Å²) >= 11 is 0. The van der Waals surface area contributed by atoms with Gasteiger partial charge in [0.05, 0.1) is 28.0 Å². The Morgan fingerprint density at radius 1 is 0.518 bits per heavy atom. The molecule has 0 unspecified atom stereocenters. The third kappa shape index (κ3) is 6.68. The van der Waals surface area contributed by atoms with Crippen molar-refractivity contribution in [2.45, 2.75) is 78.6 Å². The zero-order valence-corrected chi connectivity index (χ0v) is 34.1. The molecule has 0 saturated carbocycles. The molecule has 280 valence electrons. The molecular weight excluding hydrogens is 683 g/mol. The maximum atomic E-state index is 12.4. The van der Waals surface area contributed by atoms with Crippen molar-refractivity contribution in [2.75, 3.05) is 0 Å². The molecule has 0 aliphatic carbocycles. The number of fused-ring (bicyclic) bond motifs is 2. The standard InChI is InChI=1S/C52H51N3O/c1-50(2,3)37-29-35(28-36(30-37)46-40-22-14-13-20-34(40)26-27-53-46)41-23-17-25-45-47(41)54-49(42-31-38(51(4,5)6)32-43(48(42)56)52(7,8)9)55(45)44-24-16-15-21-39(44)33-18-11-10-12-19-33/h10-32,56H,1-9H3. The zero-order valence-electron chi connectivity index (χ0n) is 34.1. The second-order valence-corrected chi connectivity index (χ2v) is 18.2. The second kappa shape index (κ2) is 13.6. The van der Waals surface area contributed by atoms with E-state index in [9.17, 15) is 5.11 Å². The monoisotopic (exact) mass is 733 g/mol. The van der Waals surface area contributed by atoms with E-state index in [-0.39, 0.29) is 22.0 Å². The Hall–Kier alpha value is -6.00. The first-order valence-corrected chi connectivity index (χ1v) is 19.6. The Kier molecular flexibility index (Phi) is 9.00. The van der Waals surface area contributed by atoms with Crippen molar-refractivity contribution in [3.05, 3.63) is 156 Å². The minimum atomic E-state index is -0.302. The van der Waals surface area contributed by atoms with Gasteiger partial charge in [-0.05, 0) is 80.3 Å². The van der Waals surface area contributed by atoms with Gasteiger partial charge in [-0.3, -0.25) is 9.55 Å². The first kappa shape index (κ1) is 36.9. The lowest BCUT2D eigenvalue weighted by Crippen LogP contribution is -2.17. The Labute approximate surface area is 331 Å². The molecular formula is C52H51N3O. The van der Waals surface area contributed by atoms with E-state index in [1.165, 1.54) is 5.56 Å². The number of aromatic nitrogens is 3. The fourth-order valence-corrected chi connectivity index (χ4v) is 7.80. The third-order valence-corrected chi connectivity index (χ3v) is 11.0. The maximum absolute atomic E-state index is 12.4. The van der Waals surface area contributed by atoms with Crippen LogP contribution >= 0.6 is 0 Å². The van der Waals surface area contributed by atoms with E-state index in [1.54, 1.807) is 0 Å². The van der Waals surface area contributed by atoms with Gasteiger partial charge in [-0.2, -0.15) is 0 Å². The van der Waals surface area contributed by atoms with Gasteiger partial charge in [-0.15, -0.1) is 0 Å². The third-order valence-electron chi connectivity index (χ3n) is 11.0. The van der Waals surface area contributed by atoms with Crippen molar-refractivity contribution in [1.82, 2.24) is 14.5 Å². The number of hydrogen-bond donors (Lipinski definition) is 1. The normalized spacial score (nSPS) is 12.4. The quantitative estimate of drug-likeness (QED) is 0.192. The fourth-order valence-electron chi connectivity index (χ4n) is 7.80.